The molecule has 8 heteroatoms. The first-order valence-corrected chi connectivity index (χ1v) is 10.6. The predicted molar refractivity (Wildman–Crippen MR) is 106 cm³/mol. The number of amides is 2. The molecule has 5 rings (SSSR count). The second kappa shape index (κ2) is 6.79. The highest BCUT2D eigenvalue weighted by molar-refractivity contribution is 6.06. The van der Waals surface area contributed by atoms with Crippen LogP contribution < -0.4 is 10.6 Å². The molecule has 29 heavy (non-hydrogen) atoms. The van der Waals surface area contributed by atoms with Gasteiger partial charge in [-0.1, -0.05) is 5.16 Å². The fourth-order valence-electron chi connectivity index (χ4n) is 4.98. The third-order valence-electron chi connectivity index (χ3n) is 6.56. The van der Waals surface area contributed by atoms with Crippen molar-refractivity contribution in [3.05, 3.63) is 23.0 Å². The van der Waals surface area contributed by atoms with Gasteiger partial charge in [0.1, 0.15) is 5.54 Å². The topological polar surface area (TPSA) is 100 Å². The van der Waals surface area contributed by atoms with Crippen LogP contribution in [0.5, 0.6) is 0 Å². The third-order valence-corrected chi connectivity index (χ3v) is 6.56. The number of nitrogens with zero attached hydrogens (tertiary/aromatic N) is 3. The highest BCUT2D eigenvalue weighted by Gasteiger charge is 2.52. The van der Waals surface area contributed by atoms with Crippen LogP contribution in [0.4, 0.5) is 0 Å². The standard InChI is InChI=1S/C21H27N5O3/c1-12-9-16(17-13(2)25-29-19(17)22-12)18(27)23-15-10-21(20(28)24-14-5-6-14)7-3-4-8-26(21)11-15/h9,14-15H,3-8,10-11H2,1-2H3,(H,23,27)(H,24,28)/t15-,21-/m0/s1. The molecule has 2 amide bonds. The molecule has 2 atom stereocenters. The van der Waals surface area contributed by atoms with Crippen molar-refractivity contribution in [1.29, 1.82) is 0 Å². The van der Waals surface area contributed by atoms with Crippen molar-refractivity contribution in [2.75, 3.05) is 13.1 Å². The van der Waals surface area contributed by atoms with Crippen molar-refractivity contribution in [3.63, 3.8) is 0 Å². The van der Waals surface area contributed by atoms with E-state index >= 15 is 0 Å². The Balaban J connectivity index is 1.38. The lowest BCUT2D eigenvalue weighted by atomic mass is 9.84. The summed E-state index contributed by atoms with van der Waals surface area (Å²) >= 11 is 0. The zero-order valence-electron chi connectivity index (χ0n) is 17.0. The van der Waals surface area contributed by atoms with Gasteiger partial charge >= 0.3 is 0 Å². The molecule has 2 N–H and O–H groups in total. The zero-order valence-corrected chi connectivity index (χ0v) is 17.0. The predicted octanol–water partition coefficient (Wildman–Crippen LogP) is 1.85. The lowest BCUT2D eigenvalue weighted by molar-refractivity contribution is -0.134. The summed E-state index contributed by atoms with van der Waals surface area (Å²) in [5.74, 6) is -0.0112. The monoisotopic (exact) mass is 397 g/mol. The van der Waals surface area contributed by atoms with Crippen LogP contribution in [0.15, 0.2) is 10.6 Å². The van der Waals surface area contributed by atoms with E-state index in [0.717, 1.165) is 38.6 Å². The van der Waals surface area contributed by atoms with E-state index < -0.39 is 5.54 Å². The highest BCUT2D eigenvalue weighted by Crippen LogP contribution is 2.39. The molecular formula is C21H27N5O3. The maximum Gasteiger partial charge on any atom is 0.258 e. The summed E-state index contributed by atoms with van der Waals surface area (Å²) in [5.41, 5.74) is 1.81. The van der Waals surface area contributed by atoms with Gasteiger partial charge in [-0.15, -0.1) is 0 Å². The smallest absolute Gasteiger partial charge is 0.258 e. The number of aromatic nitrogens is 2. The SMILES string of the molecule is Cc1cc(C(=O)N[C@@H]2CN3CCCC[C@@]3(C(=O)NC3CC3)C2)c2c(C)noc2n1. The first-order chi connectivity index (χ1) is 14.0. The Kier molecular flexibility index (Phi) is 4.34. The Morgan fingerprint density at radius 1 is 1.21 bits per heavy atom. The van der Waals surface area contributed by atoms with E-state index in [1.807, 2.05) is 13.8 Å². The molecule has 8 nitrogen and oxygen atoms in total. The van der Waals surface area contributed by atoms with E-state index in [4.69, 9.17) is 4.52 Å². The second-order valence-corrected chi connectivity index (χ2v) is 8.82. The Morgan fingerprint density at radius 2 is 2.03 bits per heavy atom. The van der Waals surface area contributed by atoms with Gasteiger partial charge in [0.25, 0.3) is 11.6 Å². The Labute approximate surface area is 169 Å². The molecular weight excluding hydrogens is 370 g/mol. The van der Waals surface area contributed by atoms with Gasteiger partial charge in [0.05, 0.1) is 16.6 Å². The maximum atomic E-state index is 13.2. The van der Waals surface area contributed by atoms with Crippen molar-refractivity contribution in [2.24, 2.45) is 0 Å². The van der Waals surface area contributed by atoms with Crippen molar-refractivity contribution < 1.29 is 14.1 Å². The maximum absolute atomic E-state index is 13.2. The fraction of sp³-hybridized carbons (Fsp3) is 0.619. The first-order valence-electron chi connectivity index (χ1n) is 10.6. The van der Waals surface area contributed by atoms with Crippen LogP contribution in [0, 0.1) is 13.8 Å². The molecule has 0 unspecified atom stereocenters. The first kappa shape index (κ1) is 18.5. The number of aryl methyl sites for hydroxylation is 2. The minimum Gasteiger partial charge on any atom is -0.352 e. The number of hydrogen-bond donors (Lipinski definition) is 2. The van der Waals surface area contributed by atoms with Crippen molar-refractivity contribution in [2.45, 2.75) is 70.0 Å². The number of carbonyl (C=O) groups is 2. The molecule has 0 radical (unpaired) electrons. The summed E-state index contributed by atoms with van der Waals surface area (Å²) < 4.78 is 5.26. The van der Waals surface area contributed by atoms with Crippen LogP contribution in [-0.4, -0.2) is 57.6 Å². The molecule has 1 aliphatic carbocycles. The van der Waals surface area contributed by atoms with E-state index in [2.05, 4.69) is 25.7 Å². The molecule has 2 saturated heterocycles. The van der Waals surface area contributed by atoms with E-state index in [1.54, 1.807) is 6.07 Å². The van der Waals surface area contributed by atoms with Crippen LogP contribution in [0.25, 0.3) is 11.1 Å². The van der Waals surface area contributed by atoms with E-state index in [1.165, 1.54) is 0 Å². The summed E-state index contributed by atoms with van der Waals surface area (Å²) in [4.78, 5) is 32.9. The van der Waals surface area contributed by atoms with Gasteiger partial charge in [-0.25, -0.2) is 4.98 Å². The van der Waals surface area contributed by atoms with Crippen molar-refractivity contribution in [1.82, 2.24) is 25.7 Å². The van der Waals surface area contributed by atoms with Gasteiger partial charge in [-0.2, -0.15) is 0 Å². The second-order valence-electron chi connectivity index (χ2n) is 8.82. The van der Waals surface area contributed by atoms with Crippen LogP contribution in [-0.2, 0) is 4.79 Å². The molecule has 3 aliphatic rings. The molecule has 2 aromatic heterocycles. The Bertz CT molecular complexity index is 982. The lowest BCUT2D eigenvalue weighted by Gasteiger charge is -2.40. The number of piperidine rings is 1. The highest BCUT2D eigenvalue weighted by atomic mass is 16.5. The fourth-order valence-corrected chi connectivity index (χ4v) is 4.98. The molecule has 2 aliphatic heterocycles. The number of nitrogens with one attached hydrogen (secondary N) is 2. The number of pyridine rings is 1. The molecule has 0 aromatic carbocycles. The van der Waals surface area contributed by atoms with Crippen molar-refractivity contribution in [3.8, 4) is 0 Å². The normalized spacial score (nSPS) is 27.0. The molecule has 0 spiro atoms. The van der Waals surface area contributed by atoms with Gasteiger partial charge in [-0.3, -0.25) is 14.5 Å². The quantitative estimate of drug-likeness (QED) is 0.817. The molecule has 0 bridgehead atoms. The van der Waals surface area contributed by atoms with Gasteiger partial charge in [0.2, 0.25) is 5.91 Å². The summed E-state index contributed by atoms with van der Waals surface area (Å²) in [6.07, 6.45) is 5.84. The lowest BCUT2D eigenvalue weighted by Crippen LogP contribution is -2.57. The molecule has 154 valence electrons. The van der Waals surface area contributed by atoms with Crippen LogP contribution >= 0.6 is 0 Å². The zero-order chi connectivity index (χ0) is 20.2. The summed E-state index contributed by atoms with van der Waals surface area (Å²) in [7, 11) is 0. The molecule has 1 saturated carbocycles. The minimum atomic E-state index is -0.477. The Morgan fingerprint density at radius 3 is 2.83 bits per heavy atom. The van der Waals surface area contributed by atoms with E-state index in [-0.39, 0.29) is 17.9 Å². The van der Waals surface area contributed by atoms with Crippen LogP contribution in [0.1, 0.15) is 60.3 Å². The summed E-state index contributed by atoms with van der Waals surface area (Å²) in [6.45, 7) is 5.27. The van der Waals surface area contributed by atoms with E-state index in [0.29, 0.717) is 47.1 Å². The van der Waals surface area contributed by atoms with Gasteiger partial charge in [0, 0.05) is 24.3 Å². The largest absolute Gasteiger partial charge is 0.352 e. The summed E-state index contributed by atoms with van der Waals surface area (Å²) in [6, 6.07) is 2.06. The van der Waals surface area contributed by atoms with Crippen LogP contribution in [0.3, 0.4) is 0 Å². The van der Waals surface area contributed by atoms with Gasteiger partial charge < -0.3 is 15.2 Å². The summed E-state index contributed by atoms with van der Waals surface area (Å²) in [5, 5.41) is 11.0. The van der Waals surface area contributed by atoms with Gasteiger partial charge in [-0.05, 0) is 65.0 Å². The molecule has 3 fully saturated rings. The third kappa shape index (κ3) is 3.19. The molecule has 2 aromatic rings. The number of rotatable bonds is 4. The number of fused-ring (bicyclic) bond motifs is 2. The number of carbonyl (C=O) groups excluding carboxylic acids is 2. The minimum absolute atomic E-state index is 0.0609. The average molecular weight is 397 g/mol. The average Bonchev–Trinajstić information content (AvgIpc) is 3.31. The number of hydrogen-bond acceptors (Lipinski definition) is 6. The Hall–Kier alpha value is -2.48. The van der Waals surface area contributed by atoms with E-state index in [9.17, 15) is 9.59 Å². The van der Waals surface area contributed by atoms with Gasteiger partial charge in [0.15, 0.2) is 0 Å². The van der Waals surface area contributed by atoms with Crippen molar-refractivity contribution >= 4 is 22.9 Å². The molecule has 4 heterocycles. The van der Waals surface area contributed by atoms with Crippen LogP contribution in [0.2, 0.25) is 0 Å².